The minimum atomic E-state index is -0.177. The Labute approximate surface area is 78.4 Å². The van der Waals surface area contributed by atoms with Gasteiger partial charge in [-0.2, -0.15) is 0 Å². The molecule has 13 heavy (non-hydrogen) atoms. The minimum absolute atomic E-state index is 0.177. The van der Waals surface area contributed by atoms with Gasteiger partial charge >= 0.3 is 0 Å². The molecule has 0 spiro atoms. The van der Waals surface area contributed by atoms with Crippen molar-refractivity contribution in [2.45, 2.75) is 37.7 Å². The minimum Gasteiger partial charge on any atom is -0.392 e. The first-order chi connectivity index (χ1) is 6.27. The average molecular weight is 180 g/mol. The fourth-order valence-corrected chi connectivity index (χ4v) is 2.08. The highest BCUT2D eigenvalue weighted by molar-refractivity contribution is 5.08. The molecule has 0 aliphatic heterocycles. The van der Waals surface area contributed by atoms with E-state index in [4.69, 9.17) is 0 Å². The first-order valence-corrected chi connectivity index (χ1v) is 4.93. The second-order valence-corrected chi connectivity index (χ2v) is 3.92. The van der Waals surface area contributed by atoms with E-state index in [1.807, 2.05) is 17.8 Å². The van der Waals surface area contributed by atoms with Crippen molar-refractivity contribution in [1.29, 1.82) is 0 Å². The number of rotatable bonds is 1. The third-order valence-corrected chi connectivity index (χ3v) is 2.83. The molecule has 1 N–H and O–H groups in total. The lowest BCUT2D eigenvalue weighted by molar-refractivity contribution is 0.104. The van der Waals surface area contributed by atoms with E-state index in [1.165, 1.54) is 6.42 Å². The number of hydrogen-bond acceptors (Lipinski definition) is 2. The van der Waals surface area contributed by atoms with Crippen molar-refractivity contribution in [3.63, 3.8) is 0 Å². The lowest BCUT2D eigenvalue weighted by atomic mass is 9.85. The SMILES string of the molecule is Cn1cnc([C@@H]2CCCC[C@H]2O)c1. The lowest BCUT2D eigenvalue weighted by Gasteiger charge is -2.25. The number of nitrogens with zero attached hydrogens (tertiary/aromatic N) is 2. The van der Waals surface area contributed by atoms with Crippen molar-refractivity contribution >= 4 is 0 Å². The Morgan fingerprint density at radius 1 is 1.46 bits per heavy atom. The van der Waals surface area contributed by atoms with Gasteiger partial charge in [0.05, 0.1) is 18.1 Å². The second-order valence-electron chi connectivity index (χ2n) is 3.92. The molecule has 3 heteroatoms. The first-order valence-electron chi connectivity index (χ1n) is 4.93. The molecule has 0 bridgehead atoms. The zero-order valence-corrected chi connectivity index (χ0v) is 7.98. The Hall–Kier alpha value is -0.830. The third-order valence-electron chi connectivity index (χ3n) is 2.83. The highest BCUT2D eigenvalue weighted by Crippen LogP contribution is 2.31. The molecular formula is C10H16N2O. The van der Waals surface area contributed by atoms with E-state index in [2.05, 4.69) is 4.98 Å². The van der Waals surface area contributed by atoms with E-state index in [-0.39, 0.29) is 12.0 Å². The van der Waals surface area contributed by atoms with E-state index >= 15 is 0 Å². The Morgan fingerprint density at radius 2 is 2.23 bits per heavy atom. The molecular weight excluding hydrogens is 164 g/mol. The van der Waals surface area contributed by atoms with Crippen molar-refractivity contribution in [2.75, 3.05) is 0 Å². The topological polar surface area (TPSA) is 38.0 Å². The molecule has 1 heterocycles. The normalized spacial score (nSPS) is 29.1. The fraction of sp³-hybridized carbons (Fsp3) is 0.700. The largest absolute Gasteiger partial charge is 0.392 e. The van der Waals surface area contributed by atoms with Gasteiger partial charge in [-0.3, -0.25) is 0 Å². The Morgan fingerprint density at radius 3 is 2.85 bits per heavy atom. The summed E-state index contributed by atoms with van der Waals surface area (Å²) in [6, 6.07) is 0. The molecule has 1 aliphatic rings. The van der Waals surface area contributed by atoms with Crippen LogP contribution in [-0.2, 0) is 7.05 Å². The third kappa shape index (κ3) is 1.75. The number of imidazole rings is 1. The van der Waals surface area contributed by atoms with Crippen molar-refractivity contribution in [1.82, 2.24) is 9.55 Å². The summed E-state index contributed by atoms with van der Waals surface area (Å²) in [6.45, 7) is 0. The van der Waals surface area contributed by atoms with Crippen LogP contribution in [0, 0.1) is 0 Å². The van der Waals surface area contributed by atoms with Crippen LogP contribution in [0.3, 0.4) is 0 Å². The standard InChI is InChI=1S/C10H16N2O/c1-12-6-9(11-7-12)8-4-2-3-5-10(8)13/h6-8,10,13H,2-5H2,1H3/t8-,10+/m0/s1. The summed E-state index contributed by atoms with van der Waals surface area (Å²) in [5.74, 6) is 0.273. The molecule has 0 saturated heterocycles. The van der Waals surface area contributed by atoms with E-state index in [0.717, 1.165) is 25.0 Å². The summed E-state index contributed by atoms with van der Waals surface area (Å²) in [5.41, 5.74) is 1.05. The van der Waals surface area contributed by atoms with Gasteiger partial charge in [-0.1, -0.05) is 12.8 Å². The van der Waals surface area contributed by atoms with Gasteiger partial charge in [0.1, 0.15) is 0 Å². The summed E-state index contributed by atoms with van der Waals surface area (Å²) in [6.07, 6.45) is 8.03. The summed E-state index contributed by atoms with van der Waals surface area (Å²) in [4.78, 5) is 4.29. The first kappa shape index (κ1) is 8.75. The predicted octanol–water partition coefficient (Wildman–Crippen LogP) is 1.44. The molecule has 1 aromatic heterocycles. The molecule has 0 radical (unpaired) electrons. The van der Waals surface area contributed by atoms with Gasteiger partial charge in [0.15, 0.2) is 0 Å². The Balaban J connectivity index is 2.14. The number of aromatic nitrogens is 2. The molecule has 0 aromatic carbocycles. The predicted molar refractivity (Wildman–Crippen MR) is 50.4 cm³/mol. The van der Waals surface area contributed by atoms with Crippen LogP contribution in [0.1, 0.15) is 37.3 Å². The van der Waals surface area contributed by atoms with Gasteiger partial charge in [-0.15, -0.1) is 0 Å². The van der Waals surface area contributed by atoms with Crippen molar-refractivity contribution in [3.05, 3.63) is 18.2 Å². The van der Waals surface area contributed by atoms with Gasteiger partial charge in [-0.05, 0) is 12.8 Å². The molecule has 72 valence electrons. The maximum atomic E-state index is 9.78. The fourth-order valence-electron chi connectivity index (χ4n) is 2.08. The van der Waals surface area contributed by atoms with Crippen molar-refractivity contribution < 1.29 is 5.11 Å². The highest BCUT2D eigenvalue weighted by atomic mass is 16.3. The monoisotopic (exact) mass is 180 g/mol. The summed E-state index contributed by atoms with van der Waals surface area (Å²) < 4.78 is 1.94. The van der Waals surface area contributed by atoms with Gasteiger partial charge < -0.3 is 9.67 Å². The van der Waals surface area contributed by atoms with E-state index < -0.39 is 0 Å². The van der Waals surface area contributed by atoms with Crippen LogP contribution in [0.15, 0.2) is 12.5 Å². The average Bonchev–Trinajstić information content (AvgIpc) is 2.53. The zero-order chi connectivity index (χ0) is 9.26. The van der Waals surface area contributed by atoms with Crippen molar-refractivity contribution in [2.24, 2.45) is 7.05 Å². The molecule has 2 atom stereocenters. The number of aryl methyl sites for hydroxylation is 1. The van der Waals surface area contributed by atoms with Crippen LogP contribution in [0.2, 0.25) is 0 Å². The van der Waals surface area contributed by atoms with Gasteiger partial charge in [0.2, 0.25) is 0 Å². The smallest absolute Gasteiger partial charge is 0.0946 e. The van der Waals surface area contributed by atoms with E-state index in [0.29, 0.717) is 0 Å². The number of aliphatic hydroxyl groups is 1. The molecule has 0 unspecified atom stereocenters. The second kappa shape index (κ2) is 3.50. The lowest BCUT2D eigenvalue weighted by Crippen LogP contribution is -2.22. The molecule has 1 saturated carbocycles. The molecule has 1 fully saturated rings. The highest BCUT2D eigenvalue weighted by Gasteiger charge is 2.25. The quantitative estimate of drug-likeness (QED) is 0.710. The van der Waals surface area contributed by atoms with Crippen LogP contribution < -0.4 is 0 Å². The molecule has 1 aromatic rings. The Bertz CT molecular complexity index is 282. The van der Waals surface area contributed by atoms with Crippen LogP contribution in [-0.4, -0.2) is 20.8 Å². The number of hydrogen-bond donors (Lipinski definition) is 1. The van der Waals surface area contributed by atoms with Crippen LogP contribution in [0.4, 0.5) is 0 Å². The van der Waals surface area contributed by atoms with Gasteiger partial charge in [0.25, 0.3) is 0 Å². The summed E-state index contributed by atoms with van der Waals surface area (Å²) >= 11 is 0. The molecule has 3 nitrogen and oxygen atoms in total. The number of aliphatic hydroxyl groups excluding tert-OH is 1. The Kier molecular flexibility index (Phi) is 2.36. The maximum absolute atomic E-state index is 9.78. The van der Waals surface area contributed by atoms with Crippen LogP contribution >= 0.6 is 0 Å². The molecule has 2 rings (SSSR count). The van der Waals surface area contributed by atoms with E-state index in [9.17, 15) is 5.11 Å². The van der Waals surface area contributed by atoms with E-state index in [1.54, 1.807) is 6.33 Å². The van der Waals surface area contributed by atoms with Gasteiger partial charge in [0, 0.05) is 19.2 Å². The summed E-state index contributed by atoms with van der Waals surface area (Å²) in [5, 5.41) is 9.78. The molecule has 0 amide bonds. The summed E-state index contributed by atoms with van der Waals surface area (Å²) in [7, 11) is 1.96. The van der Waals surface area contributed by atoms with Gasteiger partial charge in [-0.25, -0.2) is 4.98 Å². The van der Waals surface area contributed by atoms with Crippen molar-refractivity contribution in [3.8, 4) is 0 Å². The van der Waals surface area contributed by atoms with Crippen LogP contribution in [0.25, 0.3) is 0 Å². The zero-order valence-electron chi connectivity index (χ0n) is 7.98. The molecule has 1 aliphatic carbocycles. The van der Waals surface area contributed by atoms with Crippen LogP contribution in [0.5, 0.6) is 0 Å². The maximum Gasteiger partial charge on any atom is 0.0946 e.